The summed E-state index contributed by atoms with van der Waals surface area (Å²) in [5, 5.41) is 6.40. The molecule has 0 amide bonds. The van der Waals surface area contributed by atoms with E-state index in [0.717, 1.165) is 24.4 Å². The second-order valence-corrected chi connectivity index (χ2v) is 5.97. The van der Waals surface area contributed by atoms with Crippen LogP contribution in [0.4, 0.5) is 5.82 Å². The van der Waals surface area contributed by atoms with E-state index >= 15 is 0 Å². The largest absolute Gasteiger partial charge is 0.350 e. The maximum atomic E-state index is 4.54. The van der Waals surface area contributed by atoms with Crippen molar-refractivity contribution in [2.45, 2.75) is 25.4 Å². The summed E-state index contributed by atoms with van der Waals surface area (Å²) in [4.78, 5) is 11.3. The van der Waals surface area contributed by atoms with E-state index < -0.39 is 0 Å². The van der Waals surface area contributed by atoms with Crippen LogP contribution in [0.15, 0.2) is 36.2 Å². The number of hydrogen-bond donors (Lipinski definition) is 0. The molecule has 6 heteroatoms. The summed E-state index contributed by atoms with van der Waals surface area (Å²) in [5.41, 5.74) is 1.05. The van der Waals surface area contributed by atoms with E-state index in [1.54, 1.807) is 17.7 Å². The van der Waals surface area contributed by atoms with Crippen molar-refractivity contribution >= 4 is 27.4 Å². The highest BCUT2D eigenvalue weighted by molar-refractivity contribution is 7.17. The summed E-state index contributed by atoms with van der Waals surface area (Å²) in [7, 11) is 0. The Morgan fingerprint density at radius 3 is 3.25 bits per heavy atom. The molecule has 0 spiro atoms. The number of nitrogens with zero attached hydrogens (tertiary/aromatic N) is 5. The summed E-state index contributed by atoms with van der Waals surface area (Å²) in [5.74, 6) is 1.08. The molecule has 20 heavy (non-hydrogen) atoms. The summed E-state index contributed by atoms with van der Waals surface area (Å²) >= 11 is 1.72. The molecule has 1 atom stereocenters. The van der Waals surface area contributed by atoms with Crippen LogP contribution in [0.5, 0.6) is 0 Å². The van der Waals surface area contributed by atoms with Gasteiger partial charge < -0.3 is 4.90 Å². The van der Waals surface area contributed by atoms with Gasteiger partial charge >= 0.3 is 0 Å². The smallest absolute Gasteiger partial charge is 0.150 e. The van der Waals surface area contributed by atoms with Gasteiger partial charge in [-0.25, -0.2) is 9.97 Å². The SMILES string of the molecule is c1cnn(C[C@@H]2CCCN2c2ncnc3ccsc23)c1. The predicted molar refractivity (Wildman–Crippen MR) is 80.0 cm³/mol. The minimum absolute atomic E-state index is 0.468. The fourth-order valence-electron chi connectivity index (χ4n) is 2.91. The summed E-state index contributed by atoms with van der Waals surface area (Å²) in [6.45, 7) is 1.99. The Labute approximate surface area is 120 Å². The van der Waals surface area contributed by atoms with Crippen molar-refractivity contribution < 1.29 is 0 Å². The quantitative estimate of drug-likeness (QED) is 0.742. The van der Waals surface area contributed by atoms with Crippen LogP contribution in [0.3, 0.4) is 0 Å². The minimum atomic E-state index is 0.468. The summed E-state index contributed by atoms with van der Waals surface area (Å²) < 4.78 is 3.20. The van der Waals surface area contributed by atoms with E-state index in [4.69, 9.17) is 0 Å². The second kappa shape index (κ2) is 4.86. The molecule has 102 valence electrons. The summed E-state index contributed by atoms with van der Waals surface area (Å²) in [6, 6.07) is 4.50. The maximum Gasteiger partial charge on any atom is 0.150 e. The van der Waals surface area contributed by atoms with E-state index in [2.05, 4.69) is 31.4 Å². The number of aromatic nitrogens is 4. The van der Waals surface area contributed by atoms with Crippen LogP contribution in [0, 0.1) is 0 Å². The topological polar surface area (TPSA) is 46.8 Å². The van der Waals surface area contributed by atoms with E-state index in [1.807, 2.05) is 23.1 Å². The van der Waals surface area contributed by atoms with Gasteiger partial charge in [-0.3, -0.25) is 4.68 Å². The van der Waals surface area contributed by atoms with E-state index in [0.29, 0.717) is 6.04 Å². The number of rotatable bonds is 3. The van der Waals surface area contributed by atoms with E-state index in [-0.39, 0.29) is 0 Å². The monoisotopic (exact) mass is 285 g/mol. The number of fused-ring (bicyclic) bond motifs is 1. The lowest BCUT2D eigenvalue weighted by Gasteiger charge is -2.25. The molecule has 1 aliphatic heterocycles. The molecule has 4 heterocycles. The highest BCUT2D eigenvalue weighted by Gasteiger charge is 2.27. The van der Waals surface area contributed by atoms with Crippen molar-refractivity contribution in [1.29, 1.82) is 0 Å². The molecule has 0 aromatic carbocycles. The van der Waals surface area contributed by atoms with Crippen molar-refractivity contribution in [1.82, 2.24) is 19.7 Å². The van der Waals surface area contributed by atoms with Crippen LogP contribution >= 0.6 is 11.3 Å². The zero-order valence-corrected chi connectivity index (χ0v) is 11.8. The fraction of sp³-hybridized carbons (Fsp3) is 0.357. The first kappa shape index (κ1) is 11.8. The van der Waals surface area contributed by atoms with Gasteiger partial charge in [0.25, 0.3) is 0 Å². The molecular formula is C14H15N5S. The zero-order chi connectivity index (χ0) is 13.4. The van der Waals surface area contributed by atoms with Crippen molar-refractivity contribution in [2.24, 2.45) is 0 Å². The van der Waals surface area contributed by atoms with Gasteiger partial charge in [0.05, 0.1) is 22.8 Å². The van der Waals surface area contributed by atoms with Crippen molar-refractivity contribution in [2.75, 3.05) is 11.4 Å². The third-order valence-corrected chi connectivity index (χ3v) is 4.73. The molecule has 5 nitrogen and oxygen atoms in total. The number of anilines is 1. The van der Waals surface area contributed by atoms with Crippen LogP contribution in [-0.2, 0) is 6.54 Å². The Balaban J connectivity index is 1.68. The number of thiophene rings is 1. The van der Waals surface area contributed by atoms with Gasteiger partial charge in [-0.2, -0.15) is 5.10 Å². The lowest BCUT2D eigenvalue weighted by atomic mass is 10.2. The molecule has 4 rings (SSSR count). The molecule has 0 N–H and O–H groups in total. The van der Waals surface area contributed by atoms with Crippen LogP contribution in [0.2, 0.25) is 0 Å². The lowest BCUT2D eigenvalue weighted by molar-refractivity contribution is 0.508. The highest BCUT2D eigenvalue weighted by Crippen LogP contribution is 2.32. The van der Waals surface area contributed by atoms with Crippen molar-refractivity contribution in [3.8, 4) is 0 Å². The molecule has 0 radical (unpaired) electrons. The van der Waals surface area contributed by atoms with Crippen molar-refractivity contribution in [3.63, 3.8) is 0 Å². The van der Waals surface area contributed by atoms with Gasteiger partial charge in [-0.15, -0.1) is 11.3 Å². The molecule has 0 saturated carbocycles. The first-order valence-electron chi connectivity index (χ1n) is 6.84. The average Bonchev–Trinajstić information content (AvgIpc) is 3.19. The molecule has 1 aliphatic rings. The molecular weight excluding hydrogens is 270 g/mol. The predicted octanol–water partition coefficient (Wildman–Crippen LogP) is 2.56. The Kier molecular flexibility index (Phi) is 2.88. The fourth-order valence-corrected chi connectivity index (χ4v) is 3.76. The highest BCUT2D eigenvalue weighted by atomic mass is 32.1. The standard InChI is InChI=1S/C14H15N5S/c1-3-11(9-18-6-2-5-17-18)19(7-1)14-13-12(4-8-20-13)15-10-16-14/h2,4-6,8,10-11H,1,3,7,9H2/t11-/m0/s1. The van der Waals surface area contributed by atoms with Gasteiger partial charge in [-0.1, -0.05) is 0 Å². The van der Waals surface area contributed by atoms with E-state index in [9.17, 15) is 0 Å². The molecule has 3 aromatic heterocycles. The molecule has 1 fully saturated rings. The lowest BCUT2D eigenvalue weighted by Crippen LogP contribution is -2.33. The second-order valence-electron chi connectivity index (χ2n) is 5.05. The molecule has 0 aliphatic carbocycles. The molecule has 0 bridgehead atoms. The van der Waals surface area contributed by atoms with Gasteiger partial charge in [0, 0.05) is 18.9 Å². The molecule has 3 aromatic rings. The zero-order valence-electron chi connectivity index (χ0n) is 11.0. The first-order valence-corrected chi connectivity index (χ1v) is 7.72. The van der Waals surface area contributed by atoms with Gasteiger partial charge in [0.2, 0.25) is 0 Å². The third-order valence-electron chi connectivity index (χ3n) is 3.83. The Hall–Kier alpha value is -1.95. The normalized spacial score (nSPS) is 19.0. The number of hydrogen-bond acceptors (Lipinski definition) is 5. The Morgan fingerprint density at radius 2 is 2.35 bits per heavy atom. The van der Waals surface area contributed by atoms with Gasteiger partial charge in [0.15, 0.2) is 0 Å². The van der Waals surface area contributed by atoms with Crippen LogP contribution in [0.1, 0.15) is 12.8 Å². The molecule has 0 unspecified atom stereocenters. The molecule has 1 saturated heterocycles. The minimum Gasteiger partial charge on any atom is -0.350 e. The maximum absolute atomic E-state index is 4.54. The third kappa shape index (κ3) is 1.96. The van der Waals surface area contributed by atoms with Crippen molar-refractivity contribution in [3.05, 3.63) is 36.2 Å². The van der Waals surface area contributed by atoms with Gasteiger partial charge in [0.1, 0.15) is 12.1 Å². The van der Waals surface area contributed by atoms with Crippen LogP contribution in [-0.4, -0.2) is 32.3 Å². The van der Waals surface area contributed by atoms with E-state index in [1.165, 1.54) is 17.5 Å². The Bertz CT molecular complexity index is 705. The average molecular weight is 285 g/mol. The van der Waals surface area contributed by atoms with Gasteiger partial charge in [-0.05, 0) is 30.4 Å². The Morgan fingerprint density at radius 1 is 1.35 bits per heavy atom. The first-order chi connectivity index (χ1) is 9.92. The van der Waals surface area contributed by atoms with Crippen LogP contribution < -0.4 is 4.90 Å². The van der Waals surface area contributed by atoms with Crippen LogP contribution in [0.25, 0.3) is 10.2 Å². The summed E-state index contributed by atoms with van der Waals surface area (Å²) in [6.07, 6.45) is 7.94.